The minimum Gasteiger partial charge on any atom is -1.00 e. The predicted molar refractivity (Wildman–Crippen MR) is 45.3 cm³/mol. The number of rotatable bonds is 4. The maximum Gasteiger partial charge on any atom is 1.00 e. The van der Waals surface area contributed by atoms with Crippen LogP contribution in [0.5, 0.6) is 0 Å². The Bertz CT molecular complexity index is 215. The Kier molecular flexibility index (Phi) is 6.24. The van der Waals surface area contributed by atoms with Crippen molar-refractivity contribution in [3.63, 3.8) is 0 Å². The molecule has 1 rings (SSSR count). The van der Waals surface area contributed by atoms with Gasteiger partial charge in [-0.25, -0.2) is 0 Å². The molecule has 0 unspecified atom stereocenters. The third kappa shape index (κ3) is 3.47. The molecule has 0 spiro atoms. The molecule has 1 aromatic heterocycles. The summed E-state index contributed by atoms with van der Waals surface area (Å²) in [4.78, 5) is 0.704. The Morgan fingerprint density at radius 1 is 1.50 bits per heavy atom. The monoisotopic (exact) mass is 163 g/mol. The first kappa shape index (κ1) is 11.8. The fraction of sp³-hybridized carbons (Fsp3) is 0.556. The van der Waals surface area contributed by atoms with Crippen molar-refractivity contribution in [2.24, 2.45) is 0 Å². The second-order valence-electron chi connectivity index (χ2n) is 2.77. The van der Waals surface area contributed by atoms with E-state index in [1.807, 2.05) is 6.07 Å². The molecule has 1 aromatic rings. The second-order valence-corrected chi connectivity index (χ2v) is 2.77. The van der Waals surface area contributed by atoms with Crippen LogP contribution in [-0.2, 0) is 6.42 Å². The zero-order chi connectivity index (χ0) is 8.10. The molecule has 1 nitrogen and oxygen atoms in total. The van der Waals surface area contributed by atoms with Gasteiger partial charge in [0.1, 0.15) is 0 Å². The zero-order valence-corrected chi connectivity index (χ0v) is 7.89. The number of unbranched alkanes of at least 4 members (excludes halogenated alkanes) is 2. The van der Waals surface area contributed by atoms with Crippen LogP contribution in [0, 0.1) is 0 Å². The van der Waals surface area contributed by atoms with Crippen molar-refractivity contribution < 1.29 is 24.8 Å². The second kappa shape index (κ2) is 6.34. The van der Waals surface area contributed by atoms with Gasteiger partial charge in [0.25, 0.3) is 0 Å². The standard InChI is InChI=1S/C9H14FN.Li.H/c1-2-3-4-6-9-7-5-8-11(9)10;;/h5,7-8H,2-4,6H2,1H3;;/q;+1;-1. The summed E-state index contributed by atoms with van der Waals surface area (Å²) in [7, 11) is 0. The fourth-order valence-electron chi connectivity index (χ4n) is 1.14. The van der Waals surface area contributed by atoms with Crippen molar-refractivity contribution >= 4 is 0 Å². The van der Waals surface area contributed by atoms with Gasteiger partial charge in [-0.15, -0.1) is 0 Å². The van der Waals surface area contributed by atoms with Gasteiger partial charge in [-0.1, -0.05) is 24.2 Å². The van der Waals surface area contributed by atoms with Gasteiger partial charge in [0.05, 0.1) is 5.69 Å². The Morgan fingerprint density at radius 3 is 2.75 bits per heavy atom. The van der Waals surface area contributed by atoms with E-state index in [0.29, 0.717) is 4.79 Å². The van der Waals surface area contributed by atoms with Gasteiger partial charge >= 0.3 is 18.9 Å². The summed E-state index contributed by atoms with van der Waals surface area (Å²) in [6.07, 6.45) is 5.77. The minimum absolute atomic E-state index is 0. The van der Waals surface area contributed by atoms with Crippen molar-refractivity contribution in [2.45, 2.75) is 32.6 Å². The van der Waals surface area contributed by atoms with Crippen molar-refractivity contribution in [2.75, 3.05) is 0 Å². The third-order valence-corrected chi connectivity index (χ3v) is 1.82. The molecule has 0 atom stereocenters. The molecule has 0 bridgehead atoms. The van der Waals surface area contributed by atoms with Gasteiger partial charge < -0.3 is 1.43 Å². The topological polar surface area (TPSA) is 4.93 Å². The molecule has 0 radical (unpaired) electrons. The molecule has 0 amide bonds. The summed E-state index contributed by atoms with van der Waals surface area (Å²) in [6, 6.07) is 3.57. The number of hydrogen-bond donors (Lipinski definition) is 0. The summed E-state index contributed by atoms with van der Waals surface area (Å²) in [5.74, 6) is 0. The summed E-state index contributed by atoms with van der Waals surface area (Å²) >= 11 is 0. The van der Waals surface area contributed by atoms with Gasteiger partial charge in [-0.3, -0.25) is 0 Å². The predicted octanol–water partition coefficient (Wildman–Crippen LogP) is 0.0699. The van der Waals surface area contributed by atoms with E-state index in [4.69, 9.17) is 0 Å². The van der Waals surface area contributed by atoms with Crippen molar-refractivity contribution in [3.8, 4) is 0 Å². The number of nitrogens with zero attached hydrogens (tertiary/aromatic N) is 1. The molecule has 0 aliphatic heterocycles. The van der Waals surface area contributed by atoms with Crippen LogP contribution in [0.3, 0.4) is 0 Å². The molecule has 1 heterocycles. The summed E-state index contributed by atoms with van der Waals surface area (Å²) < 4.78 is 12.7. The normalized spacial score (nSPS) is 9.50. The molecule has 0 N–H and O–H groups in total. The molecule has 0 aliphatic carbocycles. The Labute approximate surface area is 86.6 Å². The van der Waals surface area contributed by atoms with Crippen molar-refractivity contribution in [1.29, 1.82) is 0 Å². The van der Waals surface area contributed by atoms with Crippen molar-refractivity contribution in [1.82, 2.24) is 4.79 Å². The molecule has 0 aliphatic rings. The van der Waals surface area contributed by atoms with E-state index in [2.05, 4.69) is 6.92 Å². The molecule has 0 saturated heterocycles. The van der Waals surface area contributed by atoms with Gasteiger partial charge in [-0.2, -0.15) is 4.79 Å². The summed E-state index contributed by atoms with van der Waals surface area (Å²) in [6.45, 7) is 2.15. The van der Waals surface area contributed by atoms with Crippen LogP contribution in [0.25, 0.3) is 0 Å². The minimum atomic E-state index is 0. The molecule has 0 fully saturated rings. The number of aryl methyl sites for hydroxylation is 1. The first-order chi connectivity index (χ1) is 5.34. The third-order valence-electron chi connectivity index (χ3n) is 1.82. The van der Waals surface area contributed by atoms with Gasteiger partial charge in [0.2, 0.25) is 0 Å². The van der Waals surface area contributed by atoms with E-state index in [0.717, 1.165) is 18.5 Å². The smallest absolute Gasteiger partial charge is 1.00 e. The van der Waals surface area contributed by atoms with Gasteiger partial charge in [-0.05, 0) is 25.0 Å². The molecular formula is C9H15FLiN. The Morgan fingerprint density at radius 2 is 2.25 bits per heavy atom. The molecule has 12 heavy (non-hydrogen) atoms. The SMILES string of the molecule is CCCCCc1cccn1F.[H-].[Li+]. The summed E-state index contributed by atoms with van der Waals surface area (Å²) in [5, 5.41) is 0. The van der Waals surface area contributed by atoms with Crippen LogP contribution < -0.4 is 18.9 Å². The maximum atomic E-state index is 12.7. The van der Waals surface area contributed by atoms with Crippen LogP contribution in [0.1, 0.15) is 33.3 Å². The first-order valence-electron chi connectivity index (χ1n) is 4.17. The van der Waals surface area contributed by atoms with Gasteiger partial charge in [0.15, 0.2) is 0 Å². The Hall–Kier alpha value is -0.193. The van der Waals surface area contributed by atoms with E-state index in [9.17, 15) is 4.48 Å². The van der Waals surface area contributed by atoms with Crippen LogP contribution in [0.15, 0.2) is 18.3 Å². The summed E-state index contributed by atoms with van der Waals surface area (Å²) in [5.41, 5.74) is 0.790. The average molecular weight is 163 g/mol. The van der Waals surface area contributed by atoms with E-state index >= 15 is 0 Å². The zero-order valence-electron chi connectivity index (χ0n) is 8.89. The fourth-order valence-corrected chi connectivity index (χ4v) is 1.14. The van der Waals surface area contributed by atoms with Crippen LogP contribution >= 0.6 is 0 Å². The average Bonchev–Trinajstić information content (AvgIpc) is 2.37. The van der Waals surface area contributed by atoms with Crippen molar-refractivity contribution in [3.05, 3.63) is 24.0 Å². The molecule has 3 heteroatoms. The quantitative estimate of drug-likeness (QED) is 0.437. The van der Waals surface area contributed by atoms with E-state index in [1.54, 1.807) is 6.07 Å². The molecule has 64 valence electrons. The van der Waals surface area contributed by atoms with E-state index in [-0.39, 0.29) is 20.3 Å². The first-order valence-corrected chi connectivity index (χ1v) is 4.17. The maximum absolute atomic E-state index is 12.7. The van der Waals surface area contributed by atoms with E-state index < -0.39 is 0 Å². The molecular weight excluding hydrogens is 148 g/mol. The Balaban J connectivity index is 0. The largest absolute Gasteiger partial charge is 1.00 e. The number of hydrogen-bond acceptors (Lipinski definition) is 0. The van der Waals surface area contributed by atoms with Gasteiger partial charge in [0, 0.05) is 6.20 Å². The molecule has 0 saturated carbocycles. The number of aromatic nitrogens is 1. The van der Waals surface area contributed by atoms with Crippen LogP contribution in [-0.4, -0.2) is 4.79 Å². The van der Waals surface area contributed by atoms with E-state index in [1.165, 1.54) is 19.0 Å². The van der Waals surface area contributed by atoms with Crippen LogP contribution in [0.4, 0.5) is 4.48 Å². The van der Waals surface area contributed by atoms with Crippen LogP contribution in [0.2, 0.25) is 0 Å². The number of halogens is 1. The molecule has 0 aromatic carbocycles.